The van der Waals surface area contributed by atoms with Crippen molar-refractivity contribution in [3.05, 3.63) is 11.6 Å². The van der Waals surface area contributed by atoms with Gasteiger partial charge < -0.3 is 4.74 Å². The number of hydrogen-bond acceptors (Lipinski definition) is 1. The molecule has 0 aromatic carbocycles. The topological polar surface area (TPSA) is 9.23 Å². The Labute approximate surface area is 68.4 Å². The molecule has 1 rings (SSSR count). The third kappa shape index (κ3) is 1.85. The molecule has 0 aromatic heterocycles. The van der Waals surface area contributed by atoms with Crippen LogP contribution in [0.2, 0.25) is 0 Å². The Morgan fingerprint density at radius 3 is 3.09 bits per heavy atom. The SMILES string of the molecule is C#C[C@H]1CC=C(C)[C@@H](CC)O1. The fourth-order valence-corrected chi connectivity index (χ4v) is 1.31. The van der Waals surface area contributed by atoms with Crippen LogP contribution in [0.25, 0.3) is 0 Å². The zero-order chi connectivity index (χ0) is 8.27. The van der Waals surface area contributed by atoms with Gasteiger partial charge in [0.15, 0.2) is 0 Å². The molecule has 1 heterocycles. The summed E-state index contributed by atoms with van der Waals surface area (Å²) in [5.41, 5.74) is 1.32. The van der Waals surface area contributed by atoms with Crippen molar-refractivity contribution >= 4 is 0 Å². The molecule has 0 aliphatic carbocycles. The summed E-state index contributed by atoms with van der Waals surface area (Å²) in [6, 6.07) is 0. The molecule has 2 atom stereocenters. The number of terminal acetylenes is 1. The lowest BCUT2D eigenvalue weighted by Crippen LogP contribution is -2.25. The average molecular weight is 150 g/mol. The van der Waals surface area contributed by atoms with Gasteiger partial charge in [0.1, 0.15) is 6.10 Å². The van der Waals surface area contributed by atoms with E-state index in [9.17, 15) is 0 Å². The van der Waals surface area contributed by atoms with Gasteiger partial charge in [0, 0.05) is 6.42 Å². The minimum Gasteiger partial charge on any atom is -0.358 e. The highest BCUT2D eigenvalue weighted by Gasteiger charge is 2.18. The Morgan fingerprint density at radius 2 is 2.55 bits per heavy atom. The summed E-state index contributed by atoms with van der Waals surface area (Å²) in [5, 5.41) is 0. The molecule has 11 heavy (non-hydrogen) atoms. The van der Waals surface area contributed by atoms with Crippen molar-refractivity contribution in [1.82, 2.24) is 0 Å². The van der Waals surface area contributed by atoms with E-state index in [1.165, 1.54) is 5.57 Å². The lowest BCUT2D eigenvalue weighted by molar-refractivity contribution is 0.0297. The number of ether oxygens (including phenoxy) is 1. The van der Waals surface area contributed by atoms with Gasteiger partial charge in [0.05, 0.1) is 6.10 Å². The highest BCUT2D eigenvalue weighted by atomic mass is 16.5. The highest BCUT2D eigenvalue weighted by Crippen LogP contribution is 2.20. The van der Waals surface area contributed by atoms with Crippen molar-refractivity contribution in [3.8, 4) is 12.3 Å². The predicted molar refractivity (Wildman–Crippen MR) is 46.2 cm³/mol. The fraction of sp³-hybridized carbons (Fsp3) is 0.600. The zero-order valence-corrected chi connectivity index (χ0v) is 7.13. The Balaban J connectivity index is 2.62. The van der Waals surface area contributed by atoms with Crippen LogP contribution in [0.4, 0.5) is 0 Å². The van der Waals surface area contributed by atoms with Gasteiger partial charge in [-0.3, -0.25) is 0 Å². The van der Waals surface area contributed by atoms with Crippen LogP contribution in [0, 0.1) is 12.3 Å². The molecule has 0 unspecified atom stereocenters. The maximum Gasteiger partial charge on any atom is 0.122 e. The van der Waals surface area contributed by atoms with Crippen LogP contribution < -0.4 is 0 Å². The molecule has 0 aromatic rings. The first-order valence-electron chi connectivity index (χ1n) is 4.06. The van der Waals surface area contributed by atoms with Gasteiger partial charge in [0.25, 0.3) is 0 Å². The van der Waals surface area contributed by atoms with E-state index in [2.05, 4.69) is 25.8 Å². The van der Waals surface area contributed by atoms with Gasteiger partial charge in [-0.05, 0) is 18.9 Å². The van der Waals surface area contributed by atoms with Crippen LogP contribution in [0.1, 0.15) is 26.7 Å². The largest absolute Gasteiger partial charge is 0.358 e. The minimum absolute atomic E-state index is 0.00338. The highest BCUT2D eigenvalue weighted by molar-refractivity contribution is 5.13. The van der Waals surface area contributed by atoms with Gasteiger partial charge in [-0.15, -0.1) is 6.42 Å². The smallest absolute Gasteiger partial charge is 0.122 e. The van der Waals surface area contributed by atoms with E-state index in [1.54, 1.807) is 0 Å². The summed E-state index contributed by atoms with van der Waals surface area (Å²) < 4.78 is 5.59. The van der Waals surface area contributed by atoms with E-state index in [1.807, 2.05) is 0 Å². The number of rotatable bonds is 1. The van der Waals surface area contributed by atoms with Gasteiger partial charge in [-0.2, -0.15) is 0 Å². The molecule has 1 aliphatic heterocycles. The Bertz CT molecular complexity index is 197. The van der Waals surface area contributed by atoms with E-state index >= 15 is 0 Å². The summed E-state index contributed by atoms with van der Waals surface area (Å²) in [4.78, 5) is 0. The van der Waals surface area contributed by atoms with Crippen LogP contribution in [-0.2, 0) is 4.74 Å². The van der Waals surface area contributed by atoms with E-state index in [0.717, 1.165) is 12.8 Å². The van der Waals surface area contributed by atoms with Crippen LogP contribution in [-0.4, -0.2) is 12.2 Å². The summed E-state index contributed by atoms with van der Waals surface area (Å²) in [6.07, 6.45) is 9.59. The standard InChI is InChI=1S/C10H14O/c1-4-9-7-6-8(3)10(5-2)11-9/h1,6,9-10H,5,7H2,2-3H3/t9-,10+/m0/s1. The second kappa shape index (κ2) is 3.59. The van der Waals surface area contributed by atoms with E-state index in [-0.39, 0.29) is 12.2 Å². The first kappa shape index (κ1) is 8.36. The van der Waals surface area contributed by atoms with Crippen molar-refractivity contribution in [2.75, 3.05) is 0 Å². The molecular weight excluding hydrogens is 136 g/mol. The zero-order valence-electron chi connectivity index (χ0n) is 7.13. The van der Waals surface area contributed by atoms with Crippen LogP contribution >= 0.6 is 0 Å². The lowest BCUT2D eigenvalue weighted by Gasteiger charge is -2.25. The molecule has 1 heteroatoms. The van der Waals surface area contributed by atoms with Crippen molar-refractivity contribution in [1.29, 1.82) is 0 Å². The maximum atomic E-state index is 5.59. The Morgan fingerprint density at radius 1 is 1.82 bits per heavy atom. The second-order valence-electron chi connectivity index (χ2n) is 2.87. The molecule has 60 valence electrons. The normalized spacial score (nSPS) is 30.8. The third-order valence-electron chi connectivity index (χ3n) is 2.05. The fourth-order valence-electron chi connectivity index (χ4n) is 1.31. The van der Waals surface area contributed by atoms with Crippen molar-refractivity contribution < 1.29 is 4.74 Å². The van der Waals surface area contributed by atoms with Gasteiger partial charge in [-0.25, -0.2) is 0 Å². The first-order valence-corrected chi connectivity index (χ1v) is 4.06. The molecule has 0 spiro atoms. The van der Waals surface area contributed by atoms with Crippen molar-refractivity contribution in [2.24, 2.45) is 0 Å². The van der Waals surface area contributed by atoms with Crippen LogP contribution in [0.3, 0.4) is 0 Å². The van der Waals surface area contributed by atoms with Crippen molar-refractivity contribution in [2.45, 2.75) is 38.9 Å². The molecule has 0 saturated carbocycles. The van der Waals surface area contributed by atoms with Gasteiger partial charge in [-0.1, -0.05) is 18.9 Å². The summed E-state index contributed by atoms with van der Waals surface area (Å²) in [6.45, 7) is 4.21. The van der Waals surface area contributed by atoms with Gasteiger partial charge in [0.2, 0.25) is 0 Å². The quantitative estimate of drug-likeness (QED) is 0.411. The maximum absolute atomic E-state index is 5.59. The molecule has 0 fully saturated rings. The van der Waals surface area contributed by atoms with E-state index in [0.29, 0.717) is 0 Å². The average Bonchev–Trinajstić information content (AvgIpc) is 2.05. The summed E-state index contributed by atoms with van der Waals surface area (Å²) in [7, 11) is 0. The lowest BCUT2D eigenvalue weighted by atomic mass is 10.0. The predicted octanol–water partition coefficient (Wildman–Crippen LogP) is 2.13. The van der Waals surface area contributed by atoms with E-state index < -0.39 is 0 Å². The molecule has 0 saturated heterocycles. The van der Waals surface area contributed by atoms with E-state index in [4.69, 9.17) is 11.2 Å². The molecular formula is C10H14O. The Kier molecular flexibility index (Phi) is 2.73. The monoisotopic (exact) mass is 150 g/mol. The van der Waals surface area contributed by atoms with Crippen molar-refractivity contribution in [3.63, 3.8) is 0 Å². The summed E-state index contributed by atoms with van der Waals surface area (Å²) >= 11 is 0. The first-order chi connectivity index (χ1) is 5.27. The molecule has 1 nitrogen and oxygen atoms in total. The third-order valence-corrected chi connectivity index (χ3v) is 2.05. The molecule has 0 amide bonds. The summed E-state index contributed by atoms with van der Waals surface area (Å²) in [5.74, 6) is 2.62. The minimum atomic E-state index is 0.00338. The van der Waals surface area contributed by atoms with Gasteiger partial charge >= 0.3 is 0 Å². The molecule has 1 aliphatic rings. The van der Waals surface area contributed by atoms with Crippen LogP contribution in [0.15, 0.2) is 11.6 Å². The Hall–Kier alpha value is -0.740. The molecule has 0 bridgehead atoms. The number of hydrogen-bond donors (Lipinski definition) is 0. The molecule has 0 N–H and O–H groups in total. The van der Waals surface area contributed by atoms with Crippen LogP contribution in [0.5, 0.6) is 0 Å². The second-order valence-corrected chi connectivity index (χ2v) is 2.87. The molecule has 0 radical (unpaired) electrons.